The first-order valence-electron chi connectivity index (χ1n) is 6.71. The summed E-state index contributed by atoms with van der Waals surface area (Å²) in [5, 5.41) is 3.63. The predicted octanol–water partition coefficient (Wildman–Crippen LogP) is 3.19. The van der Waals surface area contributed by atoms with E-state index in [-0.39, 0.29) is 5.91 Å². The molecular weight excluding hydrogens is 272 g/mol. The third kappa shape index (κ3) is 4.14. The van der Waals surface area contributed by atoms with Gasteiger partial charge < -0.3 is 10.3 Å². The minimum atomic E-state index is 0.0391. The standard InChI is InChI=1S/C16H19ClN2O/c1-11-9-14(12(2)19-11)7-8-18-16(20)10-13-3-5-15(17)6-4-13/h3-6,9,19H,7-8,10H2,1-2H3,(H,18,20). The lowest BCUT2D eigenvalue weighted by atomic mass is 10.1. The van der Waals surface area contributed by atoms with Crippen LogP contribution in [-0.4, -0.2) is 17.4 Å². The Bertz CT molecular complexity index is 587. The van der Waals surface area contributed by atoms with Crippen LogP contribution >= 0.6 is 11.6 Å². The van der Waals surface area contributed by atoms with Crippen molar-refractivity contribution in [3.05, 3.63) is 57.9 Å². The Morgan fingerprint density at radius 3 is 2.55 bits per heavy atom. The van der Waals surface area contributed by atoms with Gasteiger partial charge in [0.15, 0.2) is 0 Å². The zero-order valence-electron chi connectivity index (χ0n) is 11.8. The van der Waals surface area contributed by atoms with E-state index in [0.717, 1.165) is 17.7 Å². The maximum absolute atomic E-state index is 11.8. The second-order valence-corrected chi connectivity index (χ2v) is 5.44. The van der Waals surface area contributed by atoms with E-state index < -0.39 is 0 Å². The number of halogens is 1. The monoisotopic (exact) mass is 290 g/mol. The van der Waals surface area contributed by atoms with Crippen LogP contribution in [0.1, 0.15) is 22.5 Å². The number of H-pyrrole nitrogens is 1. The number of carbonyl (C=O) groups excluding carboxylic acids is 1. The largest absolute Gasteiger partial charge is 0.362 e. The lowest BCUT2D eigenvalue weighted by Crippen LogP contribution is -2.27. The Morgan fingerprint density at radius 1 is 1.25 bits per heavy atom. The number of aromatic nitrogens is 1. The molecule has 0 bridgehead atoms. The highest BCUT2D eigenvalue weighted by atomic mass is 35.5. The molecule has 0 aliphatic carbocycles. The Kier molecular flexibility index (Phi) is 4.85. The van der Waals surface area contributed by atoms with Gasteiger partial charge in [-0.1, -0.05) is 23.7 Å². The Balaban J connectivity index is 1.78. The third-order valence-electron chi connectivity index (χ3n) is 3.25. The average Bonchev–Trinajstić information content (AvgIpc) is 2.71. The number of carbonyl (C=O) groups is 1. The summed E-state index contributed by atoms with van der Waals surface area (Å²) >= 11 is 5.81. The van der Waals surface area contributed by atoms with E-state index in [1.165, 1.54) is 11.3 Å². The van der Waals surface area contributed by atoms with Crippen LogP contribution in [0.3, 0.4) is 0 Å². The Morgan fingerprint density at radius 2 is 1.95 bits per heavy atom. The molecule has 0 atom stereocenters. The summed E-state index contributed by atoms with van der Waals surface area (Å²) in [6, 6.07) is 9.48. The van der Waals surface area contributed by atoms with Crippen LogP contribution in [0.25, 0.3) is 0 Å². The topological polar surface area (TPSA) is 44.9 Å². The molecule has 1 heterocycles. The van der Waals surface area contributed by atoms with E-state index in [9.17, 15) is 4.79 Å². The van der Waals surface area contributed by atoms with Crippen LogP contribution in [0.4, 0.5) is 0 Å². The van der Waals surface area contributed by atoms with Crippen molar-refractivity contribution in [3.63, 3.8) is 0 Å². The molecule has 0 saturated heterocycles. The van der Waals surface area contributed by atoms with Crippen molar-refractivity contribution in [2.75, 3.05) is 6.54 Å². The predicted molar refractivity (Wildman–Crippen MR) is 82.1 cm³/mol. The van der Waals surface area contributed by atoms with Crippen molar-refractivity contribution in [1.82, 2.24) is 10.3 Å². The molecule has 2 N–H and O–H groups in total. The number of aromatic amines is 1. The molecule has 106 valence electrons. The van der Waals surface area contributed by atoms with Crippen molar-refractivity contribution in [1.29, 1.82) is 0 Å². The van der Waals surface area contributed by atoms with Crippen LogP contribution in [0.5, 0.6) is 0 Å². The lowest BCUT2D eigenvalue weighted by molar-refractivity contribution is -0.120. The quantitative estimate of drug-likeness (QED) is 0.873. The molecule has 1 aromatic heterocycles. The van der Waals surface area contributed by atoms with Gasteiger partial charge in [0, 0.05) is 23.0 Å². The molecule has 20 heavy (non-hydrogen) atoms. The van der Waals surface area contributed by atoms with Gasteiger partial charge in [-0.15, -0.1) is 0 Å². The fourth-order valence-corrected chi connectivity index (χ4v) is 2.35. The first-order chi connectivity index (χ1) is 9.54. The number of benzene rings is 1. The fraction of sp³-hybridized carbons (Fsp3) is 0.312. The minimum Gasteiger partial charge on any atom is -0.362 e. The summed E-state index contributed by atoms with van der Waals surface area (Å²) in [6.45, 7) is 4.75. The van der Waals surface area contributed by atoms with Gasteiger partial charge in [0.05, 0.1) is 6.42 Å². The molecule has 2 rings (SSSR count). The highest BCUT2D eigenvalue weighted by Crippen LogP contribution is 2.10. The molecule has 1 amide bonds. The molecule has 2 aromatic rings. The van der Waals surface area contributed by atoms with Gasteiger partial charge in [-0.05, 0) is 49.6 Å². The van der Waals surface area contributed by atoms with Crippen LogP contribution in [0.15, 0.2) is 30.3 Å². The summed E-state index contributed by atoms with van der Waals surface area (Å²) in [5.74, 6) is 0.0391. The summed E-state index contributed by atoms with van der Waals surface area (Å²) < 4.78 is 0. The van der Waals surface area contributed by atoms with Gasteiger partial charge in [0.25, 0.3) is 0 Å². The smallest absolute Gasteiger partial charge is 0.224 e. The van der Waals surface area contributed by atoms with Gasteiger partial charge in [-0.25, -0.2) is 0 Å². The van der Waals surface area contributed by atoms with Gasteiger partial charge >= 0.3 is 0 Å². The van der Waals surface area contributed by atoms with Crippen LogP contribution in [0, 0.1) is 13.8 Å². The molecule has 0 radical (unpaired) electrons. The average molecular weight is 291 g/mol. The zero-order chi connectivity index (χ0) is 14.5. The summed E-state index contributed by atoms with van der Waals surface area (Å²) in [7, 11) is 0. The van der Waals surface area contributed by atoms with E-state index in [2.05, 4.69) is 23.3 Å². The third-order valence-corrected chi connectivity index (χ3v) is 3.50. The Labute approximate surface area is 124 Å². The fourth-order valence-electron chi connectivity index (χ4n) is 2.23. The van der Waals surface area contributed by atoms with E-state index in [1.54, 1.807) is 12.1 Å². The van der Waals surface area contributed by atoms with Crippen LogP contribution in [-0.2, 0) is 17.6 Å². The van der Waals surface area contributed by atoms with Crippen molar-refractivity contribution >= 4 is 17.5 Å². The molecule has 0 unspecified atom stereocenters. The number of rotatable bonds is 5. The van der Waals surface area contributed by atoms with E-state index >= 15 is 0 Å². The summed E-state index contributed by atoms with van der Waals surface area (Å²) in [4.78, 5) is 15.1. The summed E-state index contributed by atoms with van der Waals surface area (Å²) in [6.07, 6.45) is 1.24. The first-order valence-corrected chi connectivity index (χ1v) is 7.08. The minimum absolute atomic E-state index is 0.0391. The number of aryl methyl sites for hydroxylation is 2. The Hall–Kier alpha value is -1.74. The SMILES string of the molecule is Cc1cc(CCNC(=O)Cc2ccc(Cl)cc2)c(C)[nH]1. The molecule has 1 aromatic carbocycles. The van der Waals surface area contributed by atoms with E-state index in [1.807, 2.05) is 19.1 Å². The van der Waals surface area contributed by atoms with Gasteiger partial charge in [-0.2, -0.15) is 0 Å². The van der Waals surface area contributed by atoms with Gasteiger partial charge in [0.1, 0.15) is 0 Å². The highest BCUT2D eigenvalue weighted by molar-refractivity contribution is 6.30. The maximum Gasteiger partial charge on any atom is 0.224 e. The van der Waals surface area contributed by atoms with Crippen LogP contribution < -0.4 is 5.32 Å². The first kappa shape index (κ1) is 14.7. The van der Waals surface area contributed by atoms with Gasteiger partial charge in [-0.3, -0.25) is 4.79 Å². The van der Waals surface area contributed by atoms with Crippen molar-refractivity contribution < 1.29 is 4.79 Å². The van der Waals surface area contributed by atoms with E-state index in [4.69, 9.17) is 11.6 Å². The second-order valence-electron chi connectivity index (χ2n) is 5.01. The molecule has 0 fully saturated rings. The number of amides is 1. The molecule has 3 nitrogen and oxygen atoms in total. The van der Waals surface area contributed by atoms with Crippen molar-refractivity contribution in [2.45, 2.75) is 26.7 Å². The maximum atomic E-state index is 11.8. The van der Waals surface area contributed by atoms with Crippen molar-refractivity contribution in [2.24, 2.45) is 0 Å². The zero-order valence-corrected chi connectivity index (χ0v) is 12.6. The molecule has 0 spiro atoms. The second kappa shape index (κ2) is 6.62. The molecule has 0 aliphatic rings. The summed E-state index contributed by atoms with van der Waals surface area (Å²) in [5.41, 5.74) is 4.56. The normalized spacial score (nSPS) is 10.6. The molecular formula is C16H19ClN2O. The number of nitrogens with one attached hydrogen (secondary N) is 2. The lowest BCUT2D eigenvalue weighted by Gasteiger charge is -2.05. The van der Waals surface area contributed by atoms with Crippen LogP contribution in [0.2, 0.25) is 5.02 Å². The molecule has 4 heteroatoms. The van der Waals surface area contributed by atoms with Crippen molar-refractivity contribution in [3.8, 4) is 0 Å². The molecule has 0 saturated carbocycles. The molecule has 0 aliphatic heterocycles. The number of hydrogen-bond acceptors (Lipinski definition) is 1. The highest BCUT2D eigenvalue weighted by Gasteiger charge is 2.05. The van der Waals surface area contributed by atoms with E-state index in [0.29, 0.717) is 18.0 Å². The number of hydrogen-bond donors (Lipinski definition) is 2. The van der Waals surface area contributed by atoms with Gasteiger partial charge in [0.2, 0.25) is 5.91 Å².